The van der Waals surface area contributed by atoms with Gasteiger partial charge in [-0.1, -0.05) is 13.3 Å². The number of nitrogens with zero attached hydrogens (tertiary/aromatic N) is 1. The van der Waals surface area contributed by atoms with Crippen molar-refractivity contribution in [2.45, 2.75) is 77.2 Å². The van der Waals surface area contributed by atoms with Crippen molar-refractivity contribution < 1.29 is 29.1 Å². The number of carboxylic acids is 1. The van der Waals surface area contributed by atoms with Gasteiger partial charge in [0, 0.05) is 55.0 Å². The van der Waals surface area contributed by atoms with Gasteiger partial charge in [-0.15, -0.1) is 0 Å². The monoisotopic (exact) mass is 664 g/mol. The predicted molar refractivity (Wildman–Crippen MR) is 155 cm³/mol. The maximum Gasteiger partial charge on any atom is 0.326 e. The molecular weight excluding hydrogens is 623 g/mol. The van der Waals surface area contributed by atoms with Crippen LogP contribution in [-0.4, -0.2) is 72.0 Å². The molecule has 218 valence electrons. The van der Waals surface area contributed by atoms with E-state index in [1.54, 1.807) is 12.3 Å². The van der Waals surface area contributed by atoms with Crippen molar-refractivity contribution >= 4 is 52.3 Å². The van der Waals surface area contributed by atoms with Crippen molar-refractivity contribution in [1.29, 1.82) is 0 Å². The van der Waals surface area contributed by atoms with E-state index in [-0.39, 0.29) is 30.6 Å². The number of amides is 5. The molecule has 1 aromatic heterocycles. The van der Waals surface area contributed by atoms with Crippen molar-refractivity contribution in [3.63, 3.8) is 0 Å². The number of carbonyl (C=O) groups excluding carboxylic acids is 4. The normalized spacial score (nSPS) is 11.2. The number of nitrogens with one attached hydrogen (secondary N) is 5. The van der Waals surface area contributed by atoms with Crippen molar-refractivity contribution in [2.75, 3.05) is 26.2 Å². The molecule has 0 saturated carbocycles. The summed E-state index contributed by atoms with van der Waals surface area (Å²) in [5, 5.41) is 22.6. The minimum atomic E-state index is -1.05. The molecule has 0 saturated heterocycles. The smallest absolute Gasteiger partial charge is 0.326 e. The summed E-state index contributed by atoms with van der Waals surface area (Å²) in [7, 11) is 0. The third-order valence-electron chi connectivity index (χ3n) is 5.65. The number of urea groups is 1. The molecule has 0 aliphatic rings. The first kappa shape index (κ1) is 34.1. The summed E-state index contributed by atoms with van der Waals surface area (Å²) in [5.41, 5.74) is 0.535. The first-order valence-corrected chi connectivity index (χ1v) is 14.5. The van der Waals surface area contributed by atoms with E-state index < -0.39 is 18.0 Å². The van der Waals surface area contributed by atoms with Crippen LogP contribution in [0.4, 0.5) is 4.79 Å². The van der Waals surface area contributed by atoms with E-state index >= 15 is 0 Å². The van der Waals surface area contributed by atoms with Crippen molar-refractivity contribution in [3.05, 3.63) is 27.6 Å². The molecule has 39 heavy (non-hydrogen) atoms. The molecule has 13 heteroatoms. The maximum absolute atomic E-state index is 12.0. The van der Waals surface area contributed by atoms with E-state index in [0.29, 0.717) is 51.0 Å². The molecule has 5 amide bonds. The van der Waals surface area contributed by atoms with Crippen LogP contribution >= 0.6 is 22.6 Å². The van der Waals surface area contributed by atoms with Gasteiger partial charge in [0.05, 0.1) is 5.56 Å². The van der Waals surface area contributed by atoms with Gasteiger partial charge in [-0.2, -0.15) is 0 Å². The van der Waals surface area contributed by atoms with Gasteiger partial charge in [0.1, 0.15) is 6.04 Å². The summed E-state index contributed by atoms with van der Waals surface area (Å²) in [6, 6.07) is 0.390. The first-order chi connectivity index (χ1) is 18.7. The van der Waals surface area contributed by atoms with E-state index in [0.717, 1.165) is 35.7 Å². The number of unbranched alkanes of at least 4 members (excludes halogenated alkanes) is 4. The number of halogens is 1. The average Bonchev–Trinajstić information content (AvgIpc) is 2.90. The minimum absolute atomic E-state index is 0.120. The Bertz CT molecular complexity index is 932. The second-order valence-corrected chi connectivity index (χ2v) is 10.3. The predicted octanol–water partition coefficient (Wildman–Crippen LogP) is 2.32. The van der Waals surface area contributed by atoms with Crippen molar-refractivity contribution in [1.82, 2.24) is 31.6 Å². The molecule has 0 aromatic carbocycles. The van der Waals surface area contributed by atoms with E-state index in [1.807, 2.05) is 6.92 Å². The SMILES string of the molecule is CCC[C@H](NC(=O)NCCCCCNC(=O)CCC(=O)NCCCCCNC(=O)c1cncc([131I])c1)C(=O)O. The molecule has 12 nitrogen and oxygen atoms in total. The number of hydrogen-bond acceptors (Lipinski definition) is 6. The third-order valence-corrected chi connectivity index (χ3v) is 6.24. The van der Waals surface area contributed by atoms with Gasteiger partial charge >= 0.3 is 12.0 Å². The lowest BCUT2D eigenvalue weighted by Gasteiger charge is -2.14. The maximum atomic E-state index is 12.0. The third kappa shape index (κ3) is 17.3. The molecular formula is C26H41IN6O6. The summed E-state index contributed by atoms with van der Waals surface area (Å²) < 4.78 is 0.902. The zero-order valence-corrected chi connectivity index (χ0v) is 24.7. The van der Waals surface area contributed by atoms with Gasteiger partial charge in [-0.3, -0.25) is 19.4 Å². The second kappa shape index (κ2) is 20.9. The molecule has 0 bridgehead atoms. The van der Waals surface area contributed by atoms with E-state index in [4.69, 9.17) is 5.11 Å². The van der Waals surface area contributed by atoms with Crippen LogP contribution in [0.3, 0.4) is 0 Å². The number of hydrogen-bond donors (Lipinski definition) is 6. The highest BCUT2D eigenvalue weighted by atomic mass is 131. The van der Waals surface area contributed by atoms with E-state index in [9.17, 15) is 24.0 Å². The van der Waals surface area contributed by atoms with Gasteiger partial charge in [0.15, 0.2) is 0 Å². The van der Waals surface area contributed by atoms with Gasteiger partial charge in [0.25, 0.3) is 5.91 Å². The summed E-state index contributed by atoms with van der Waals surface area (Å²) >= 11 is 2.11. The molecule has 1 rings (SSSR count). The van der Waals surface area contributed by atoms with Crippen LogP contribution in [0.5, 0.6) is 0 Å². The van der Waals surface area contributed by atoms with Crippen LogP contribution in [0.25, 0.3) is 0 Å². The molecule has 1 heterocycles. The largest absolute Gasteiger partial charge is 0.480 e. The van der Waals surface area contributed by atoms with Crippen LogP contribution in [0.2, 0.25) is 0 Å². The summed E-state index contributed by atoms with van der Waals surface area (Å²) in [6.45, 7) is 3.83. The topological polar surface area (TPSA) is 179 Å². The molecule has 0 aliphatic heterocycles. The van der Waals surface area contributed by atoms with Crippen LogP contribution in [0.1, 0.15) is 81.5 Å². The summed E-state index contributed by atoms with van der Waals surface area (Å²) in [6.07, 6.45) is 9.15. The van der Waals surface area contributed by atoms with Gasteiger partial charge in [0.2, 0.25) is 11.8 Å². The molecule has 0 aliphatic carbocycles. The fraction of sp³-hybridized carbons (Fsp3) is 0.615. The number of carboxylic acid groups (broad SMARTS) is 1. The fourth-order valence-corrected chi connectivity index (χ4v) is 4.01. The molecule has 0 spiro atoms. The highest BCUT2D eigenvalue weighted by Crippen LogP contribution is 2.05. The lowest BCUT2D eigenvalue weighted by atomic mass is 10.2. The lowest BCUT2D eigenvalue weighted by Crippen LogP contribution is -2.46. The number of pyridine rings is 1. The lowest BCUT2D eigenvalue weighted by molar-refractivity contribution is -0.139. The Hall–Kier alpha value is -2.97. The number of rotatable bonds is 20. The van der Waals surface area contributed by atoms with E-state index in [2.05, 4.69) is 54.2 Å². The highest BCUT2D eigenvalue weighted by molar-refractivity contribution is 14.1. The molecule has 0 unspecified atom stereocenters. The fourth-order valence-electron chi connectivity index (χ4n) is 3.51. The summed E-state index contributed by atoms with van der Waals surface area (Å²) in [5.74, 6) is -1.55. The Labute approximate surface area is 243 Å². The Kier molecular flexibility index (Phi) is 18.3. The Balaban J connectivity index is 1.96. The van der Waals surface area contributed by atoms with Crippen LogP contribution in [0, 0.1) is 3.57 Å². The minimum Gasteiger partial charge on any atom is -0.480 e. The van der Waals surface area contributed by atoms with Crippen LogP contribution in [0.15, 0.2) is 18.5 Å². The van der Waals surface area contributed by atoms with Gasteiger partial charge in [-0.05, 0) is 73.6 Å². The van der Waals surface area contributed by atoms with Crippen LogP contribution < -0.4 is 26.6 Å². The number of carbonyl (C=O) groups is 5. The number of aliphatic carboxylic acids is 1. The van der Waals surface area contributed by atoms with Gasteiger partial charge < -0.3 is 31.7 Å². The first-order valence-electron chi connectivity index (χ1n) is 13.4. The average molecular weight is 665 g/mol. The van der Waals surface area contributed by atoms with Crippen molar-refractivity contribution in [3.8, 4) is 0 Å². The quantitative estimate of drug-likeness (QED) is 0.0915. The molecule has 6 N–H and O–H groups in total. The highest BCUT2D eigenvalue weighted by Gasteiger charge is 2.18. The Morgan fingerprint density at radius 2 is 1.36 bits per heavy atom. The van der Waals surface area contributed by atoms with E-state index in [1.165, 1.54) is 6.20 Å². The summed E-state index contributed by atoms with van der Waals surface area (Å²) in [4.78, 5) is 62.7. The number of aromatic nitrogens is 1. The molecule has 1 atom stereocenters. The Morgan fingerprint density at radius 3 is 1.87 bits per heavy atom. The van der Waals surface area contributed by atoms with Crippen LogP contribution in [-0.2, 0) is 14.4 Å². The van der Waals surface area contributed by atoms with Gasteiger partial charge in [-0.25, -0.2) is 9.59 Å². The molecule has 0 fully saturated rings. The Morgan fingerprint density at radius 1 is 0.821 bits per heavy atom. The zero-order chi connectivity index (χ0) is 28.9. The zero-order valence-electron chi connectivity index (χ0n) is 22.5. The molecule has 1 aromatic rings. The molecule has 0 radical (unpaired) electrons. The standard InChI is InChI=1S/C26H41IN6O6/c1-2-9-21(25(37)38)33-26(39)32-15-8-4-6-13-30-23(35)11-10-22(34)29-12-5-3-7-14-31-24(36)19-16-20(27)18-28-17-19/h16-18,21H,2-15H2,1H3,(H,29,34)(H,30,35)(H,31,36)(H,37,38)(H2,32,33,39)/t21-/m0/s1/i27+4. The second-order valence-electron chi connectivity index (χ2n) is 9.05. The van der Waals surface area contributed by atoms with Crippen molar-refractivity contribution in [2.24, 2.45) is 0 Å².